The van der Waals surface area contributed by atoms with Gasteiger partial charge in [-0.3, -0.25) is 0 Å². The first-order valence-corrected chi connectivity index (χ1v) is 13.0. The molecule has 0 aliphatic carbocycles. The Labute approximate surface area is 170 Å². The number of rotatable bonds is 3. The van der Waals surface area contributed by atoms with E-state index in [4.69, 9.17) is 0 Å². The van der Waals surface area contributed by atoms with Gasteiger partial charge in [0.15, 0.2) is 0 Å². The van der Waals surface area contributed by atoms with Gasteiger partial charge in [-0.2, -0.15) is 23.5 Å². The molecule has 145 valence electrons. The van der Waals surface area contributed by atoms with Crippen molar-refractivity contribution < 1.29 is 0 Å². The van der Waals surface area contributed by atoms with Gasteiger partial charge in [-0.05, 0) is 30.2 Å². The fourth-order valence-corrected chi connectivity index (χ4v) is 7.89. The number of benzene rings is 3. The van der Waals surface area contributed by atoms with Gasteiger partial charge in [0, 0.05) is 38.4 Å². The van der Waals surface area contributed by atoms with Gasteiger partial charge in [0.25, 0.3) is 0 Å². The number of fused-ring (bicyclic) bond motifs is 2. The first-order valence-electron chi connectivity index (χ1n) is 10.0. The van der Waals surface area contributed by atoms with Gasteiger partial charge in [-0.15, -0.1) is 0 Å². The van der Waals surface area contributed by atoms with E-state index in [-0.39, 0.29) is 0 Å². The van der Waals surface area contributed by atoms with Crippen molar-refractivity contribution in [3.05, 3.63) is 82.9 Å². The fourth-order valence-electron chi connectivity index (χ4n) is 4.68. The highest BCUT2D eigenvalue weighted by Gasteiger charge is 2.32. The second-order valence-corrected chi connectivity index (χ2v) is 13.0. The fraction of sp³-hybridized carbons (Fsp3) is 0.280. The summed E-state index contributed by atoms with van der Waals surface area (Å²) >= 11 is 0. The zero-order chi connectivity index (χ0) is 20.1. The van der Waals surface area contributed by atoms with E-state index in [0.29, 0.717) is 5.92 Å². The predicted octanol–water partition coefficient (Wildman–Crippen LogP) is 4.42. The van der Waals surface area contributed by atoms with Crippen molar-refractivity contribution >= 4 is 29.8 Å². The molecule has 1 aliphatic heterocycles. The molecule has 3 aromatic carbocycles. The normalized spacial score (nSPS) is 16.9. The standard InChI is InChI=1S/C25H30N2Si/c1-17-9-7-8-10-20(17)25-21-13-11-18(26-2)15-23(21)28(5,6)24-16-19(27(3)4)12-14-22(24)25/h7-16,25-26H,1-6H3/q-1. The Balaban J connectivity index is 2.05. The lowest BCUT2D eigenvalue weighted by atomic mass is 9.82. The van der Waals surface area contributed by atoms with Crippen molar-refractivity contribution in [3.63, 3.8) is 0 Å². The Hall–Kier alpha value is -2.52. The lowest BCUT2D eigenvalue weighted by molar-refractivity contribution is 0.966. The Morgan fingerprint density at radius 1 is 0.821 bits per heavy atom. The molecule has 0 saturated carbocycles. The molecular weight excluding hydrogens is 356 g/mol. The van der Waals surface area contributed by atoms with Crippen LogP contribution in [0, 0.1) is 6.92 Å². The third-order valence-corrected chi connectivity index (χ3v) is 9.92. The van der Waals surface area contributed by atoms with Gasteiger partial charge in [-0.25, -0.2) is 0 Å². The summed E-state index contributed by atoms with van der Waals surface area (Å²) in [5.41, 5.74) is 8.24. The molecule has 0 aromatic heterocycles. The van der Waals surface area contributed by atoms with Crippen LogP contribution in [0.25, 0.3) is 0 Å². The summed E-state index contributed by atoms with van der Waals surface area (Å²) in [5, 5.41) is 6.46. The number of hydrogen-bond acceptors (Lipinski definition) is 2. The highest BCUT2D eigenvalue weighted by Crippen LogP contribution is 2.38. The summed E-state index contributed by atoms with van der Waals surface area (Å²) in [5.74, 6) is 0.300. The van der Waals surface area contributed by atoms with E-state index in [1.807, 2.05) is 7.05 Å². The van der Waals surface area contributed by atoms with Crippen LogP contribution >= 0.6 is 0 Å². The average Bonchev–Trinajstić information content (AvgIpc) is 2.69. The van der Waals surface area contributed by atoms with Crippen LogP contribution in [-0.4, -0.2) is 29.2 Å². The third-order valence-electron chi connectivity index (χ3n) is 6.36. The van der Waals surface area contributed by atoms with Crippen LogP contribution in [0.1, 0.15) is 28.2 Å². The molecule has 0 fully saturated rings. The SMILES string of the molecule is CNc1ccc2c(c1)[Si-](C)(C)c1cc(N(C)C)ccc1C2c1ccccc1C. The Bertz CT molecular complexity index is 1040. The number of hydrogen-bond donors (Lipinski definition) is 1. The van der Waals surface area contributed by atoms with Gasteiger partial charge in [0.05, 0.1) is 0 Å². The van der Waals surface area contributed by atoms with E-state index < -0.39 is 8.07 Å². The smallest absolute Gasteiger partial charge is 0.0333 e. The Kier molecular flexibility index (Phi) is 4.58. The quantitative estimate of drug-likeness (QED) is 0.671. The molecule has 0 saturated heterocycles. The molecule has 1 N–H and O–H groups in total. The largest absolute Gasteiger partial charge is 0.388 e. The van der Waals surface area contributed by atoms with E-state index in [1.165, 1.54) is 33.6 Å². The Morgan fingerprint density at radius 3 is 2.11 bits per heavy atom. The lowest BCUT2D eigenvalue weighted by Gasteiger charge is -2.48. The van der Waals surface area contributed by atoms with Crippen molar-refractivity contribution in [1.29, 1.82) is 0 Å². The van der Waals surface area contributed by atoms with E-state index >= 15 is 0 Å². The van der Waals surface area contributed by atoms with Crippen LogP contribution in [-0.2, 0) is 0 Å². The van der Waals surface area contributed by atoms with E-state index in [0.717, 1.165) is 0 Å². The molecule has 0 amide bonds. The van der Waals surface area contributed by atoms with Crippen LogP contribution in [0.5, 0.6) is 0 Å². The molecule has 0 bridgehead atoms. The van der Waals surface area contributed by atoms with E-state index in [2.05, 4.69) is 105 Å². The number of nitrogens with one attached hydrogen (secondary N) is 1. The van der Waals surface area contributed by atoms with Crippen LogP contribution in [0.4, 0.5) is 11.4 Å². The van der Waals surface area contributed by atoms with Crippen molar-refractivity contribution in [2.75, 3.05) is 31.4 Å². The molecule has 28 heavy (non-hydrogen) atoms. The van der Waals surface area contributed by atoms with Crippen LogP contribution in [0.3, 0.4) is 0 Å². The first kappa shape index (κ1) is 18.8. The summed E-state index contributed by atoms with van der Waals surface area (Å²) < 4.78 is 0. The lowest BCUT2D eigenvalue weighted by Crippen LogP contribution is -2.59. The topological polar surface area (TPSA) is 15.3 Å². The van der Waals surface area contributed by atoms with E-state index in [9.17, 15) is 0 Å². The third kappa shape index (κ3) is 2.85. The highest BCUT2D eigenvalue weighted by molar-refractivity contribution is 7.01. The molecular formula is C25H30N2Si-. The highest BCUT2D eigenvalue weighted by atomic mass is 28.3. The molecule has 0 radical (unpaired) electrons. The summed E-state index contributed by atoms with van der Waals surface area (Å²) in [6, 6.07) is 23.0. The Morgan fingerprint density at radius 2 is 1.46 bits per heavy atom. The molecule has 1 atom stereocenters. The minimum absolute atomic E-state index is 0.300. The first-order chi connectivity index (χ1) is 13.3. The molecule has 1 unspecified atom stereocenters. The summed E-state index contributed by atoms with van der Waals surface area (Å²) in [6.07, 6.45) is 0. The molecule has 3 aromatic rings. The van der Waals surface area contributed by atoms with Crippen LogP contribution in [0.2, 0.25) is 13.1 Å². The zero-order valence-electron chi connectivity index (χ0n) is 17.8. The maximum absolute atomic E-state index is 3.35. The predicted molar refractivity (Wildman–Crippen MR) is 126 cm³/mol. The van der Waals surface area contributed by atoms with Gasteiger partial charge in [0.1, 0.15) is 0 Å². The zero-order valence-corrected chi connectivity index (χ0v) is 18.8. The second-order valence-electron chi connectivity index (χ2n) is 8.63. The average molecular weight is 387 g/mol. The van der Waals surface area contributed by atoms with E-state index in [1.54, 1.807) is 10.4 Å². The van der Waals surface area contributed by atoms with Gasteiger partial charge < -0.3 is 10.2 Å². The van der Waals surface area contributed by atoms with Crippen molar-refractivity contribution in [2.24, 2.45) is 0 Å². The maximum atomic E-state index is 3.35. The van der Waals surface area contributed by atoms with Crippen molar-refractivity contribution in [2.45, 2.75) is 25.9 Å². The minimum Gasteiger partial charge on any atom is -0.388 e. The molecule has 4 rings (SSSR count). The molecule has 1 heterocycles. The molecule has 0 spiro atoms. The summed E-state index contributed by atoms with van der Waals surface area (Å²) in [6.45, 7) is 7.23. The maximum Gasteiger partial charge on any atom is 0.0333 e. The van der Waals surface area contributed by atoms with Gasteiger partial charge >= 0.3 is 0 Å². The number of aryl methyl sites for hydroxylation is 1. The minimum atomic E-state index is -1.82. The number of nitrogens with zero attached hydrogens (tertiary/aromatic N) is 1. The summed E-state index contributed by atoms with van der Waals surface area (Å²) in [4.78, 5) is 2.22. The molecule has 2 nitrogen and oxygen atoms in total. The van der Waals surface area contributed by atoms with Crippen molar-refractivity contribution in [3.8, 4) is 0 Å². The van der Waals surface area contributed by atoms with Crippen LogP contribution in [0.15, 0.2) is 60.7 Å². The van der Waals surface area contributed by atoms with Crippen LogP contribution < -0.4 is 20.6 Å². The van der Waals surface area contributed by atoms with Gasteiger partial charge in [0.2, 0.25) is 0 Å². The van der Waals surface area contributed by atoms with Crippen molar-refractivity contribution in [1.82, 2.24) is 0 Å². The number of anilines is 2. The molecule has 3 heteroatoms. The monoisotopic (exact) mass is 386 g/mol. The summed E-state index contributed by atoms with van der Waals surface area (Å²) in [7, 11) is 4.45. The molecule has 1 aliphatic rings. The van der Waals surface area contributed by atoms with Gasteiger partial charge in [-0.1, -0.05) is 67.7 Å². The second kappa shape index (κ2) is 6.82.